The molecule has 0 saturated heterocycles. The van der Waals surface area contributed by atoms with Gasteiger partial charge in [0, 0.05) is 0 Å². The molecule has 1 rings (SSSR count). The van der Waals surface area contributed by atoms with E-state index >= 15 is 0 Å². The van der Waals surface area contributed by atoms with Gasteiger partial charge in [-0.05, 0) is 31.9 Å². The van der Waals surface area contributed by atoms with Crippen molar-refractivity contribution < 1.29 is 13.9 Å². The Labute approximate surface area is 117 Å². The second-order valence-corrected chi connectivity index (χ2v) is 5.38. The van der Waals surface area contributed by atoms with Gasteiger partial charge in [0.2, 0.25) is 0 Å². The molecule has 1 unspecified atom stereocenters. The van der Waals surface area contributed by atoms with Crippen molar-refractivity contribution in [2.45, 2.75) is 39.1 Å². The number of carbonyl (C=O) groups is 1. The first kappa shape index (κ1) is 16.1. The van der Waals surface area contributed by atoms with E-state index in [4.69, 9.17) is 4.74 Å². The molecule has 0 fully saturated rings. The van der Waals surface area contributed by atoms with Crippen LogP contribution in [0.2, 0.25) is 0 Å². The zero-order valence-corrected chi connectivity index (χ0v) is 11.9. The average molecular weight is 282 g/mol. The first-order valence-electron chi connectivity index (χ1n) is 6.30. The van der Waals surface area contributed by atoms with Crippen molar-refractivity contribution in [1.29, 1.82) is 0 Å². The molecule has 0 saturated carbocycles. The van der Waals surface area contributed by atoms with Gasteiger partial charge < -0.3 is 10.1 Å². The lowest BCUT2D eigenvalue weighted by Gasteiger charge is -2.20. The van der Waals surface area contributed by atoms with Crippen LogP contribution in [0, 0.1) is 4.91 Å². The number of hydrogen-bond donors (Lipinski definition) is 1. The highest BCUT2D eigenvalue weighted by atomic mass is 19.1. The summed E-state index contributed by atoms with van der Waals surface area (Å²) in [6, 6.07) is 6.41. The third-order valence-corrected chi connectivity index (χ3v) is 2.41. The maximum absolute atomic E-state index is 13.9. The average Bonchev–Trinajstić information content (AvgIpc) is 2.35. The monoisotopic (exact) mass is 282 g/mol. The molecule has 1 atom stereocenters. The molecule has 0 aromatic heterocycles. The van der Waals surface area contributed by atoms with Crippen molar-refractivity contribution in [3.63, 3.8) is 0 Å². The fraction of sp³-hybridized carbons (Fsp3) is 0.500. The number of halogens is 1. The third kappa shape index (κ3) is 5.77. The number of nitrogens with one attached hydrogen (secondary N) is 1. The summed E-state index contributed by atoms with van der Waals surface area (Å²) in [5.74, 6) is 0. The number of alkyl carbamates (subject to hydrolysis) is 1. The fourth-order valence-corrected chi connectivity index (χ4v) is 1.51. The molecule has 20 heavy (non-hydrogen) atoms. The predicted octanol–water partition coefficient (Wildman–Crippen LogP) is 3.49. The van der Waals surface area contributed by atoms with Gasteiger partial charge in [-0.2, -0.15) is 4.91 Å². The number of nitroso groups, excluding NO2 is 1. The largest absolute Gasteiger partial charge is 0.444 e. The Bertz CT molecular complexity index is 454. The summed E-state index contributed by atoms with van der Waals surface area (Å²) in [6.07, 6.45) is -1.98. The fourth-order valence-electron chi connectivity index (χ4n) is 1.51. The zero-order chi connectivity index (χ0) is 15.2. The molecule has 0 aliphatic rings. The van der Waals surface area contributed by atoms with Gasteiger partial charge >= 0.3 is 6.09 Å². The first-order valence-corrected chi connectivity index (χ1v) is 6.30. The van der Waals surface area contributed by atoms with Crippen LogP contribution in [-0.2, 0) is 11.3 Å². The summed E-state index contributed by atoms with van der Waals surface area (Å²) in [5.41, 5.74) is 0.533. The molecule has 6 heteroatoms. The zero-order valence-electron chi connectivity index (χ0n) is 11.9. The van der Waals surface area contributed by atoms with Gasteiger partial charge in [-0.1, -0.05) is 29.4 Å². The normalized spacial score (nSPS) is 12.6. The van der Waals surface area contributed by atoms with Crippen LogP contribution < -0.4 is 5.32 Å². The van der Waals surface area contributed by atoms with Gasteiger partial charge in [-0.15, -0.1) is 0 Å². The number of nitrogens with zero attached hydrogens (tertiary/aromatic N) is 1. The van der Waals surface area contributed by atoms with Gasteiger partial charge in [0.05, 0.1) is 6.54 Å². The summed E-state index contributed by atoms with van der Waals surface area (Å²) < 4.78 is 18.9. The smallest absolute Gasteiger partial charge is 0.407 e. The maximum atomic E-state index is 13.9. The Morgan fingerprint density at radius 2 is 1.95 bits per heavy atom. The lowest BCUT2D eigenvalue weighted by molar-refractivity contribution is 0.0513. The highest BCUT2D eigenvalue weighted by Crippen LogP contribution is 2.17. The van der Waals surface area contributed by atoms with E-state index in [2.05, 4.69) is 10.5 Å². The van der Waals surface area contributed by atoms with Gasteiger partial charge in [-0.25, -0.2) is 9.18 Å². The number of hydrogen-bond acceptors (Lipinski definition) is 4. The van der Waals surface area contributed by atoms with Crippen LogP contribution in [0.25, 0.3) is 0 Å². The Hall–Kier alpha value is -1.98. The van der Waals surface area contributed by atoms with E-state index in [0.717, 1.165) is 5.56 Å². The van der Waals surface area contributed by atoms with Crippen molar-refractivity contribution in [3.05, 3.63) is 40.3 Å². The van der Waals surface area contributed by atoms with Crippen LogP contribution in [0.5, 0.6) is 0 Å². The van der Waals surface area contributed by atoms with Gasteiger partial charge in [0.1, 0.15) is 18.3 Å². The predicted molar refractivity (Wildman–Crippen MR) is 74.0 cm³/mol. The van der Waals surface area contributed by atoms with Crippen molar-refractivity contribution in [1.82, 2.24) is 5.32 Å². The lowest BCUT2D eigenvalue weighted by atomic mass is 10.1. The van der Waals surface area contributed by atoms with Crippen LogP contribution in [0.3, 0.4) is 0 Å². The molecular formula is C14H19FN2O3. The number of rotatable bonds is 5. The molecule has 1 amide bonds. The summed E-state index contributed by atoms with van der Waals surface area (Å²) in [7, 11) is 0. The lowest BCUT2D eigenvalue weighted by Crippen LogP contribution is -2.34. The van der Waals surface area contributed by atoms with Crippen LogP contribution in [0.15, 0.2) is 29.4 Å². The van der Waals surface area contributed by atoms with E-state index in [1.807, 2.05) is 0 Å². The maximum Gasteiger partial charge on any atom is 0.407 e. The highest BCUT2D eigenvalue weighted by Gasteiger charge is 2.17. The van der Waals surface area contributed by atoms with Gasteiger partial charge in [0.15, 0.2) is 0 Å². The highest BCUT2D eigenvalue weighted by molar-refractivity contribution is 5.67. The van der Waals surface area contributed by atoms with Gasteiger partial charge in [0.25, 0.3) is 0 Å². The van der Waals surface area contributed by atoms with Crippen molar-refractivity contribution in [3.8, 4) is 0 Å². The molecule has 0 radical (unpaired) electrons. The van der Waals surface area contributed by atoms with E-state index in [1.165, 1.54) is 0 Å². The van der Waals surface area contributed by atoms with Gasteiger partial charge in [-0.3, -0.25) is 0 Å². The van der Waals surface area contributed by atoms with Crippen molar-refractivity contribution in [2.75, 3.05) is 6.54 Å². The van der Waals surface area contributed by atoms with E-state index in [0.29, 0.717) is 5.56 Å². The quantitative estimate of drug-likeness (QED) is 0.840. The number of amides is 1. The van der Waals surface area contributed by atoms with Crippen LogP contribution in [0.1, 0.15) is 38.1 Å². The van der Waals surface area contributed by atoms with E-state index in [-0.39, 0.29) is 13.1 Å². The Balaban J connectivity index is 2.48. The molecule has 1 aromatic rings. The molecule has 0 aliphatic heterocycles. The van der Waals surface area contributed by atoms with E-state index in [1.54, 1.807) is 45.0 Å². The van der Waals surface area contributed by atoms with Crippen LogP contribution >= 0.6 is 0 Å². The summed E-state index contributed by atoms with van der Waals surface area (Å²) in [4.78, 5) is 21.5. The molecule has 110 valence electrons. The number of carbonyl (C=O) groups excluding carboxylic acids is 1. The molecule has 1 aromatic carbocycles. The minimum Gasteiger partial charge on any atom is -0.444 e. The first-order chi connectivity index (χ1) is 9.31. The van der Waals surface area contributed by atoms with Crippen molar-refractivity contribution in [2.24, 2.45) is 5.18 Å². The number of benzene rings is 1. The van der Waals surface area contributed by atoms with Crippen LogP contribution in [0.4, 0.5) is 9.18 Å². The molecule has 0 aliphatic carbocycles. The minimum atomic E-state index is -1.33. The topological polar surface area (TPSA) is 67.8 Å². The number of alkyl halides is 1. The molecule has 5 nitrogen and oxygen atoms in total. The molecular weight excluding hydrogens is 263 g/mol. The Morgan fingerprint density at radius 1 is 1.35 bits per heavy atom. The third-order valence-electron chi connectivity index (χ3n) is 2.41. The van der Waals surface area contributed by atoms with E-state index in [9.17, 15) is 14.1 Å². The molecule has 0 heterocycles. The summed E-state index contributed by atoms with van der Waals surface area (Å²) in [5, 5.41) is 5.13. The molecule has 1 N–H and O–H groups in total. The van der Waals surface area contributed by atoms with E-state index < -0.39 is 17.9 Å². The summed E-state index contributed by atoms with van der Waals surface area (Å²) in [6.45, 7) is 5.10. The van der Waals surface area contributed by atoms with Crippen LogP contribution in [-0.4, -0.2) is 18.2 Å². The van der Waals surface area contributed by atoms with Crippen molar-refractivity contribution >= 4 is 6.09 Å². The molecule has 0 bridgehead atoms. The molecule has 0 spiro atoms. The SMILES string of the molecule is CC(C)(C)OC(=O)NCC(F)c1ccc(CN=O)cc1. The summed E-state index contributed by atoms with van der Waals surface area (Å²) >= 11 is 0. The minimum absolute atomic E-state index is 0.0629. The second-order valence-electron chi connectivity index (χ2n) is 5.38. The standard InChI is InChI=1S/C14H19FN2O3/c1-14(2,3)20-13(18)16-9-12(15)11-6-4-10(5-7-11)8-17-19/h4-7,12H,8-9H2,1-3H3,(H,16,18). The second kappa shape index (κ2) is 6.98. The Morgan fingerprint density at radius 3 is 2.45 bits per heavy atom. The number of ether oxygens (including phenoxy) is 1. The Kier molecular flexibility index (Phi) is 5.61.